The predicted octanol–water partition coefficient (Wildman–Crippen LogP) is 1.03. The number of benzene rings is 1. The molecule has 0 amide bonds. The number of sulfonamides is 1. The number of nitrogen functional groups attached to an aromatic ring is 1. The first-order chi connectivity index (χ1) is 8.80. The summed E-state index contributed by atoms with van der Waals surface area (Å²) in [5, 5.41) is -1.32. The average Bonchev–Trinajstić information content (AvgIpc) is 2.14. The minimum atomic E-state index is -4.83. The van der Waals surface area contributed by atoms with E-state index < -0.39 is 42.4 Å². The van der Waals surface area contributed by atoms with Crippen LogP contribution in [0.5, 0.6) is 0 Å². The molecule has 1 rings (SSSR count). The number of halogens is 3. The molecule has 3 N–H and O–H groups in total. The van der Waals surface area contributed by atoms with Crippen molar-refractivity contribution in [3.05, 3.63) is 23.8 Å². The average molecular weight is 332 g/mol. The number of anilines is 2. The van der Waals surface area contributed by atoms with Crippen LogP contribution in [0.4, 0.5) is 24.5 Å². The third kappa shape index (κ3) is 4.89. The van der Waals surface area contributed by atoms with Gasteiger partial charge in [-0.25, -0.2) is 16.8 Å². The van der Waals surface area contributed by atoms with Gasteiger partial charge in [-0.15, -0.1) is 0 Å². The fourth-order valence-electron chi connectivity index (χ4n) is 1.36. The molecule has 0 radical (unpaired) electrons. The molecule has 0 bridgehead atoms. The Morgan fingerprint density at radius 3 is 2.20 bits per heavy atom. The number of nitrogens with one attached hydrogen (secondary N) is 1. The van der Waals surface area contributed by atoms with E-state index in [0.717, 1.165) is 12.1 Å². The zero-order valence-electron chi connectivity index (χ0n) is 10.1. The monoisotopic (exact) mass is 332 g/mol. The maximum atomic E-state index is 12.7. The molecule has 0 fully saturated rings. The second-order valence-electron chi connectivity index (χ2n) is 4.06. The molecule has 0 unspecified atom stereocenters. The number of alkyl halides is 3. The van der Waals surface area contributed by atoms with Crippen molar-refractivity contribution in [3.63, 3.8) is 0 Å². The molecule has 114 valence electrons. The van der Waals surface area contributed by atoms with E-state index >= 15 is 0 Å². The number of sulfone groups is 1. The van der Waals surface area contributed by atoms with Crippen LogP contribution in [-0.4, -0.2) is 28.2 Å². The SMILES string of the molecule is CS(=O)(=O)CS(=O)(=O)Nc1ccc(N)cc1C(F)(F)F. The van der Waals surface area contributed by atoms with Gasteiger partial charge in [0.05, 0.1) is 11.3 Å². The van der Waals surface area contributed by atoms with Crippen LogP contribution in [0.15, 0.2) is 18.2 Å². The third-order valence-electron chi connectivity index (χ3n) is 1.98. The maximum absolute atomic E-state index is 12.7. The molecule has 0 spiro atoms. The van der Waals surface area contributed by atoms with Crippen LogP contribution in [-0.2, 0) is 26.0 Å². The van der Waals surface area contributed by atoms with Crippen LogP contribution < -0.4 is 10.5 Å². The van der Waals surface area contributed by atoms with E-state index in [1.54, 1.807) is 4.72 Å². The Balaban J connectivity index is 3.23. The van der Waals surface area contributed by atoms with Crippen LogP contribution in [0.3, 0.4) is 0 Å². The summed E-state index contributed by atoms with van der Waals surface area (Å²) < 4.78 is 84.6. The van der Waals surface area contributed by atoms with Crippen molar-refractivity contribution in [3.8, 4) is 0 Å². The summed E-state index contributed by atoms with van der Waals surface area (Å²) in [4.78, 5) is 0. The second kappa shape index (κ2) is 5.13. The lowest BCUT2D eigenvalue weighted by atomic mass is 10.1. The van der Waals surface area contributed by atoms with Gasteiger partial charge in [0.25, 0.3) is 0 Å². The summed E-state index contributed by atoms with van der Waals surface area (Å²) in [6.07, 6.45) is -4.18. The summed E-state index contributed by atoms with van der Waals surface area (Å²) in [7, 11) is -8.38. The van der Waals surface area contributed by atoms with E-state index in [1.807, 2.05) is 0 Å². The fraction of sp³-hybridized carbons (Fsp3) is 0.333. The Morgan fingerprint density at radius 1 is 1.20 bits per heavy atom. The van der Waals surface area contributed by atoms with Gasteiger partial charge in [-0.3, -0.25) is 4.72 Å². The van der Waals surface area contributed by atoms with Crippen molar-refractivity contribution in [2.75, 3.05) is 21.8 Å². The molecule has 0 atom stereocenters. The van der Waals surface area contributed by atoms with Gasteiger partial charge in [-0.2, -0.15) is 13.2 Å². The summed E-state index contributed by atoms with van der Waals surface area (Å²) in [6.45, 7) is 0. The van der Waals surface area contributed by atoms with Gasteiger partial charge in [0.2, 0.25) is 10.0 Å². The Labute approximate surface area is 113 Å². The highest BCUT2D eigenvalue weighted by molar-refractivity contribution is 8.08. The van der Waals surface area contributed by atoms with Crippen LogP contribution >= 0.6 is 0 Å². The molecule has 0 aliphatic carbocycles. The molecule has 0 aliphatic rings. The summed E-state index contributed by atoms with van der Waals surface area (Å²) in [6, 6.07) is 2.43. The Hall–Kier alpha value is -1.49. The van der Waals surface area contributed by atoms with E-state index in [4.69, 9.17) is 5.73 Å². The molecule has 11 heteroatoms. The molecule has 0 heterocycles. The first-order valence-corrected chi connectivity index (χ1v) is 8.66. The first kappa shape index (κ1) is 16.6. The fourth-order valence-corrected chi connectivity index (χ4v) is 4.37. The molecule has 20 heavy (non-hydrogen) atoms. The molecule has 0 aliphatic heterocycles. The van der Waals surface area contributed by atoms with E-state index in [0.29, 0.717) is 12.3 Å². The topological polar surface area (TPSA) is 106 Å². The molecule has 0 saturated carbocycles. The van der Waals surface area contributed by atoms with E-state index in [1.165, 1.54) is 0 Å². The first-order valence-electron chi connectivity index (χ1n) is 4.95. The van der Waals surface area contributed by atoms with Crippen molar-refractivity contribution in [2.45, 2.75) is 6.18 Å². The smallest absolute Gasteiger partial charge is 0.399 e. The van der Waals surface area contributed by atoms with E-state index in [9.17, 15) is 30.0 Å². The van der Waals surface area contributed by atoms with Gasteiger partial charge >= 0.3 is 6.18 Å². The van der Waals surface area contributed by atoms with Gasteiger partial charge in [0.1, 0.15) is 0 Å². The maximum Gasteiger partial charge on any atom is 0.418 e. The highest BCUT2D eigenvalue weighted by Crippen LogP contribution is 2.36. The van der Waals surface area contributed by atoms with Gasteiger partial charge in [0.15, 0.2) is 14.9 Å². The molecule has 6 nitrogen and oxygen atoms in total. The van der Waals surface area contributed by atoms with Gasteiger partial charge in [0, 0.05) is 11.9 Å². The van der Waals surface area contributed by atoms with Crippen LogP contribution in [0.2, 0.25) is 0 Å². The Bertz CT molecular complexity index is 711. The molecule has 1 aromatic carbocycles. The summed E-state index contributed by atoms with van der Waals surface area (Å²) >= 11 is 0. The van der Waals surface area contributed by atoms with Crippen LogP contribution in [0, 0.1) is 0 Å². The minimum absolute atomic E-state index is 0.205. The predicted molar refractivity (Wildman–Crippen MR) is 68.1 cm³/mol. The highest BCUT2D eigenvalue weighted by Gasteiger charge is 2.35. The molecular formula is C9H11F3N2O4S2. The minimum Gasteiger partial charge on any atom is -0.399 e. The molecule has 1 aromatic rings. The number of hydrogen-bond acceptors (Lipinski definition) is 5. The summed E-state index contributed by atoms with van der Waals surface area (Å²) in [5.41, 5.74) is 2.93. The number of hydrogen-bond donors (Lipinski definition) is 2. The molecule has 0 aromatic heterocycles. The standard InChI is InChI=1S/C9H11F3N2O4S2/c1-19(15,16)5-20(17,18)14-8-3-2-6(13)4-7(8)9(10,11)12/h2-4,14H,5,13H2,1H3. The van der Waals surface area contributed by atoms with Crippen molar-refractivity contribution in [1.29, 1.82) is 0 Å². The van der Waals surface area contributed by atoms with Gasteiger partial charge in [-0.05, 0) is 18.2 Å². The molecule has 0 saturated heterocycles. The highest BCUT2D eigenvalue weighted by atomic mass is 32.3. The van der Waals surface area contributed by atoms with Gasteiger partial charge < -0.3 is 5.73 Å². The van der Waals surface area contributed by atoms with Crippen molar-refractivity contribution in [1.82, 2.24) is 0 Å². The summed E-state index contributed by atoms with van der Waals surface area (Å²) in [5.74, 6) is 0. The number of rotatable bonds is 4. The Kier molecular flexibility index (Phi) is 4.25. The number of nitrogens with two attached hydrogens (primary N) is 1. The van der Waals surface area contributed by atoms with Crippen LogP contribution in [0.25, 0.3) is 0 Å². The lowest BCUT2D eigenvalue weighted by molar-refractivity contribution is -0.136. The van der Waals surface area contributed by atoms with Gasteiger partial charge in [-0.1, -0.05) is 0 Å². The van der Waals surface area contributed by atoms with Crippen molar-refractivity contribution in [2.24, 2.45) is 0 Å². The molecular weight excluding hydrogens is 321 g/mol. The van der Waals surface area contributed by atoms with Crippen molar-refractivity contribution < 1.29 is 30.0 Å². The second-order valence-corrected chi connectivity index (χ2v) is 8.29. The zero-order chi connectivity index (χ0) is 15.8. The van der Waals surface area contributed by atoms with Crippen molar-refractivity contribution >= 4 is 31.2 Å². The lowest BCUT2D eigenvalue weighted by Gasteiger charge is -2.15. The van der Waals surface area contributed by atoms with E-state index in [-0.39, 0.29) is 5.69 Å². The quantitative estimate of drug-likeness (QED) is 0.801. The zero-order valence-corrected chi connectivity index (χ0v) is 11.7. The lowest BCUT2D eigenvalue weighted by Crippen LogP contribution is -2.24. The third-order valence-corrected chi connectivity index (χ3v) is 5.47. The van der Waals surface area contributed by atoms with Crippen LogP contribution in [0.1, 0.15) is 5.56 Å². The Morgan fingerprint density at radius 2 is 1.75 bits per heavy atom. The van der Waals surface area contributed by atoms with E-state index in [2.05, 4.69) is 0 Å². The largest absolute Gasteiger partial charge is 0.418 e. The normalized spacial score (nSPS) is 13.2.